The fourth-order valence-corrected chi connectivity index (χ4v) is 3.88. The van der Waals surface area contributed by atoms with Crippen LogP contribution >= 0.6 is 0 Å². The highest BCUT2D eigenvalue weighted by molar-refractivity contribution is 5.41. The number of hydrogen-bond donors (Lipinski definition) is 1. The van der Waals surface area contributed by atoms with Crippen LogP contribution in [0.25, 0.3) is 0 Å². The van der Waals surface area contributed by atoms with Gasteiger partial charge in [0.05, 0.1) is 7.11 Å². The molecule has 1 aliphatic carbocycles. The Labute approximate surface area is 122 Å². The van der Waals surface area contributed by atoms with E-state index in [1.54, 1.807) is 12.7 Å². The number of benzene rings is 1. The standard InChI is InChI=1S/C18H27NO/c1-20-18-10-9-15(14-6-3-2-4-7-14)12-17(18)16-8-5-11-19-13-16/h9-10,12,14,16,19H,2-8,11,13H2,1H3. The molecule has 1 N–H and O–H groups in total. The van der Waals surface area contributed by atoms with E-state index in [-0.39, 0.29) is 0 Å². The molecule has 1 unspecified atom stereocenters. The lowest BCUT2D eigenvalue weighted by Crippen LogP contribution is -2.28. The van der Waals surface area contributed by atoms with Crippen molar-refractivity contribution in [2.75, 3.05) is 20.2 Å². The van der Waals surface area contributed by atoms with Crippen molar-refractivity contribution in [2.24, 2.45) is 0 Å². The number of piperidine rings is 1. The first-order valence-corrected chi connectivity index (χ1v) is 8.27. The molecule has 2 aliphatic rings. The molecular weight excluding hydrogens is 246 g/mol. The Hall–Kier alpha value is -1.02. The van der Waals surface area contributed by atoms with E-state index in [0.29, 0.717) is 5.92 Å². The minimum absolute atomic E-state index is 0.627. The van der Waals surface area contributed by atoms with Gasteiger partial charge in [0.15, 0.2) is 0 Å². The predicted molar refractivity (Wildman–Crippen MR) is 83.7 cm³/mol. The normalized spacial score (nSPS) is 24.6. The summed E-state index contributed by atoms with van der Waals surface area (Å²) >= 11 is 0. The van der Waals surface area contributed by atoms with E-state index < -0.39 is 0 Å². The molecule has 2 heteroatoms. The maximum Gasteiger partial charge on any atom is 0.122 e. The maximum atomic E-state index is 5.61. The Morgan fingerprint density at radius 2 is 1.80 bits per heavy atom. The second-order valence-electron chi connectivity index (χ2n) is 6.38. The van der Waals surface area contributed by atoms with Gasteiger partial charge < -0.3 is 10.1 Å². The van der Waals surface area contributed by atoms with E-state index in [9.17, 15) is 0 Å². The Kier molecular flexibility index (Phi) is 4.62. The summed E-state index contributed by atoms with van der Waals surface area (Å²) < 4.78 is 5.61. The van der Waals surface area contributed by atoms with Crippen LogP contribution in [0.1, 0.15) is 67.9 Å². The van der Waals surface area contributed by atoms with Gasteiger partial charge in [0, 0.05) is 12.5 Å². The highest BCUT2D eigenvalue weighted by Gasteiger charge is 2.22. The average Bonchev–Trinajstić information content (AvgIpc) is 2.56. The van der Waals surface area contributed by atoms with Gasteiger partial charge in [-0.3, -0.25) is 0 Å². The summed E-state index contributed by atoms with van der Waals surface area (Å²) in [4.78, 5) is 0. The molecular formula is C18H27NO. The van der Waals surface area contributed by atoms with Gasteiger partial charge in [-0.05, 0) is 55.3 Å². The molecule has 2 fully saturated rings. The van der Waals surface area contributed by atoms with Crippen molar-refractivity contribution >= 4 is 0 Å². The molecule has 3 rings (SSSR count). The van der Waals surface area contributed by atoms with Crippen molar-refractivity contribution in [1.29, 1.82) is 0 Å². The summed E-state index contributed by atoms with van der Waals surface area (Å²) in [5.74, 6) is 2.49. The smallest absolute Gasteiger partial charge is 0.122 e. The molecule has 1 aromatic carbocycles. The summed E-state index contributed by atoms with van der Waals surface area (Å²) in [6.07, 6.45) is 9.53. The molecule has 0 radical (unpaired) electrons. The summed E-state index contributed by atoms with van der Waals surface area (Å²) in [5.41, 5.74) is 2.98. The molecule has 0 bridgehead atoms. The molecule has 1 saturated carbocycles. The minimum atomic E-state index is 0.627. The molecule has 0 aromatic heterocycles. The summed E-state index contributed by atoms with van der Waals surface area (Å²) in [7, 11) is 1.80. The van der Waals surface area contributed by atoms with Gasteiger partial charge >= 0.3 is 0 Å². The van der Waals surface area contributed by atoms with Crippen molar-refractivity contribution in [3.8, 4) is 5.75 Å². The third kappa shape index (κ3) is 3.01. The molecule has 110 valence electrons. The van der Waals surface area contributed by atoms with E-state index in [1.807, 2.05) is 0 Å². The van der Waals surface area contributed by atoms with E-state index >= 15 is 0 Å². The van der Waals surface area contributed by atoms with Gasteiger partial charge in [-0.1, -0.05) is 31.4 Å². The predicted octanol–water partition coefficient (Wildman–Crippen LogP) is 4.21. The largest absolute Gasteiger partial charge is 0.496 e. The molecule has 1 heterocycles. The van der Waals surface area contributed by atoms with Crippen LogP contribution in [-0.2, 0) is 0 Å². The number of ether oxygens (including phenoxy) is 1. The first kappa shape index (κ1) is 13.9. The highest BCUT2D eigenvalue weighted by atomic mass is 16.5. The summed E-state index contributed by atoms with van der Waals surface area (Å²) in [6, 6.07) is 6.95. The van der Waals surface area contributed by atoms with Crippen molar-refractivity contribution in [2.45, 2.75) is 56.8 Å². The zero-order chi connectivity index (χ0) is 13.8. The molecule has 20 heavy (non-hydrogen) atoms. The quantitative estimate of drug-likeness (QED) is 0.890. The average molecular weight is 273 g/mol. The third-order valence-electron chi connectivity index (χ3n) is 5.07. The Balaban J connectivity index is 1.85. The Morgan fingerprint density at radius 3 is 2.50 bits per heavy atom. The monoisotopic (exact) mass is 273 g/mol. The van der Waals surface area contributed by atoms with E-state index in [0.717, 1.165) is 18.2 Å². The van der Waals surface area contributed by atoms with Crippen LogP contribution in [0.2, 0.25) is 0 Å². The minimum Gasteiger partial charge on any atom is -0.496 e. The van der Waals surface area contributed by atoms with Crippen LogP contribution in [0.3, 0.4) is 0 Å². The molecule has 0 spiro atoms. The second kappa shape index (κ2) is 6.62. The van der Waals surface area contributed by atoms with Crippen molar-refractivity contribution in [3.63, 3.8) is 0 Å². The fraction of sp³-hybridized carbons (Fsp3) is 0.667. The van der Waals surface area contributed by atoms with Crippen LogP contribution in [0, 0.1) is 0 Å². The van der Waals surface area contributed by atoms with Gasteiger partial charge in [-0.2, -0.15) is 0 Å². The molecule has 1 atom stereocenters. The SMILES string of the molecule is COc1ccc(C2CCCCC2)cc1C1CCCNC1. The van der Waals surface area contributed by atoms with E-state index in [4.69, 9.17) is 4.74 Å². The maximum absolute atomic E-state index is 5.61. The fourth-order valence-electron chi connectivity index (χ4n) is 3.88. The summed E-state index contributed by atoms with van der Waals surface area (Å²) in [5, 5.41) is 3.53. The van der Waals surface area contributed by atoms with Gasteiger partial charge in [0.1, 0.15) is 5.75 Å². The van der Waals surface area contributed by atoms with Crippen LogP contribution in [-0.4, -0.2) is 20.2 Å². The molecule has 0 amide bonds. The van der Waals surface area contributed by atoms with Crippen molar-refractivity contribution in [3.05, 3.63) is 29.3 Å². The number of nitrogens with one attached hydrogen (secondary N) is 1. The molecule has 1 aromatic rings. The Bertz CT molecular complexity index is 431. The highest BCUT2D eigenvalue weighted by Crippen LogP contribution is 2.37. The lowest BCUT2D eigenvalue weighted by atomic mass is 9.81. The van der Waals surface area contributed by atoms with Gasteiger partial charge in [-0.15, -0.1) is 0 Å². The summed E-state index contributed by atoms with van der Waals surface area (Å²) in [6.45, 7) is 2.27. The topological polar surface area (TPSA) is 21.3 Å². The van der Waals surface area contributed by atoms with Crippen molar-refractivity contribution < 1.29 is 4.74 Å². The third-order valence-corrected chi connectivity index (χ3v) is 5.07. The van der Waals surface area contributed by atoms with Gasteiger partial charge in [0.2, 0.25) is 0 Å². The Morgan fingerprint density at radius 1 is 1.00 bits per heavy atom. The molecule has 2 nitrogen and oxygen atoms in total. The number of methoxy groups -OCH3 is 1. The van der Waals surface area contributed by atoms with Crippen LogP contribution in [0.15, 0.2) is 18.2 Å². The first-order valence-electron chi connectivity index (χ1n) is 8.27. The van der Waals surface area contributed by atoms with E-state index in [2.05, 4.69) is 23.5 Å². The van der Waals surface area contributed by atoms with Crippen molar-refractivity contribution in [1.82, 2.24) is 5.32 Å². The van der Waals surface area contributed by atoms with Crippen LogP contribution < -0.4 is 10.1 Å². The van der Waals surface area contributed by atoms with Gasteiger partial charge in [-0.25, -0.2) is 0 Å². The zero-order valence-electron chi connectivity index (χ0n) is 12.7. The van der Waals surface area contributed by atoms with E-state index in [1.165, 1.54) is 57.1 Å². The zero-order valence-corrected chi connectivity index (χ0v) is 12.7. The van der Waals surface area contributed by atoms with Gasteiger partial charge in [0.25, 0.3) is 0 Å². The second-order valence-corrected chi connectivity index (χ2v) is 6.38. The lowest BCUT2D eigenvalue weighted by molar-refractivity contribution is 0.390. The lowest BCUT2D eigenvalue weighted by Gasteiger charge is -2.27. The molecule has 1 aliphatic heterocycles. The first-order chi connectivity index (χ1) is 9.88. The number of rotatable bonds is 3. The number of hydrogen-bond acceptors (Lipinski definition) is 2. The van der Waals surface area contributed by atoms with Crippen LogP contribution in [0.5, 0.6) is 5.75 Å². The van der Waals surface area contributed by atoms with Crippen LogP contribution in [0.4, 0.5) is 0 Å². The molecule has 1 saturated heterocycles.